The van der Waals surface area contributed by atoms with E-state index < -0.39 is 6.10 Å². The van der Waals surface area contributed by atoms with E-state index in [1.54, 1.807) is 19.5 Å². The Morgan fingerprint density at radius 3 is 2.71 bits per heavy atom. The minimum Gasteiger partial charge on any atom is -0.472 e. The zero-order valence-electron chi connectivity index (χ0n) is 10.1. The Labute approximate surface area is 101 Å². The first kappa shape index (κ1) is 11.7. The molecule has 0 amide bonds. The number of aliphatic hydroxyl groups is 1. The van der Waals surface area contributed by atoms with E-state index in [4.69, 9.17) is 4.42 Å². The van der Waals surface area contributed by atoms with E-state index in [0.29, 0.717) is 0 Å². The van der Waals surface area contributed by atoms with E-state index in [-0.39, 0.29) is 0 Å². The molecule has 0 aliphatic carbocycles. The molecule has 0 fully saturated rings. The molecule has 1 atom stereocenters. The number of benzene rings is 1. The van der Waals surface area contributed by atoms with Gasteiger partial charge in [-0.15, -0.1) is 0 Å². The van der Waals surface area contributed by atoms with Crippen LogP contribution >= 0.6 is 0 Å². The van der Waals surface area contributed by atoms with Crippen molar-refractivity contribution in [1.82, 2.24) is 0 Å². The summed E-state index contributed by atoms with van der Waals surface area (Å²) < 4.78 is 5.05. The molecular formula is C14H17NO2. The third kappa shape index (κ3) is 2.68. The van der Waals surface area contributed by atoms with Crippen molar-refractivity contribution in [2.75, 3.05) is 11.9 Å². The zero-order chi connectivity index (χ0) is 12.3. The summed E-state index contributed by atoms with van der Waals surface area (Å²) in [6.07, 6.45) is 2.95. The topological polar surface area (TPSA) is 36.6 Å². The van der Waals surface area contributed by atoms with E-state index in [0.717, 1.165) is 23.4 Å². The van der Waals surface area contributed by atoms with Crippen molar-refractivity contribution in [3.63, 3.8) is 0 Å². The average molecular weight is 231 g/mol. The molecule has 0 saturated heterocycles. The second kappa shape index (κ2) is 5.06. The van der Waals surface area contributed by atoms with Gasteiger partial charge in [-0.25, -0.2) is 0 Å². The van der Waals surface area contributed by atoms with Crippen molar-refractivity contribution >= 4 is 5.69 Å². The Balaban J connectivity index is 2.21. The van der Waals surface area contributed by atoms with Gasteiger partial charge in [-0.3, -0.25) is 0 Å². The summed E-state index contributed by atoms with van der Waals surface area (Å²) in [7, 11) is 2.01. The second-order valence-electron chi connectivity index (χ2n) is 4.22. The van der Waals surface area contributed by atoms with Crippen LogP contribution in [-0.2, 0) is 6.54 Å². The van der Waals surface area contributed by atoms with Crippen LogP contribution in [-0.4, -0.2) is 12.2 Å². The molecule has 2 rings (SSSR count). The van der Waals surface area contributed by atoms with Crippen LogP contribution in [0.3, 0.4) is 0 Å². The van der Waals surface area contributed by atoms with Gasteiger partial charge in [-0.05, 0) is 19.1 Å². The van der Waals surface area contributed by atoms with Crippen molar-refractivity contribution in [3.05, 3.63) is 54.0 Å². The first-order valence-corrected chi connectivity index (χ1v) is 5.67. The highest BCUT2D eigenvalue weighted by molar-refractivity contribution is 5.54. The lowest BCUT2D eigenvalue weighted by molar-refractivity contribution is 0.199. The number of aliphatic hydroxyl groups excluding tert-OH is 1. The largest absolute Gasteiger partial charge is 0.472 e. The normalized spacial score (nSPS) is 12.4. The van der Waals surface area contributed by atoms with Gasteiger partial charge in [0.25, 0.3) is 0 Å². The van der Waals surface area contributed by atoms with Crippen LogP contribution in [0.25, 0.3) is 0 Å². The van der Waals surface area contributed by atoms with Gasteiger partial charge in [-0.1, -0.05) is 18.2 Å². The summed E-state index contributed by atoms with van der Waals surface area (Å²) >= 11 is 0. The molecule has 0 saturated carbocycles. The Morgan fingerprint density at radius 1 is 1.29 bits per heavy atom. The van der Waals surface area contributed by atoms with E-state index in [2.05, 4.69) is 4.90 Å². The molecule has 1 N–H and O–H groups in total. The number of hydrogen-bond acceptors (Lipinski definition) is 3. The second-order valence-corrected chi connectivity index (χ2v) is 4.22. The molecule has 17 heavy (non-hydrogen) atoms. The third-order valence-corrected chi connectivity index (χ3v) is 2.80. The SMILES string of the molecule is CC(O)c1ccccc1N(C)Cc1ccoc1. The Kier molecular flexibility index (Phi) is 3.49. The maximum atomic E-state index is 9.73. The zero-order valence-corrected chi connectivity index (χ0v) is 10.1. The van der Waals surface area contributed by atoms with Crippen molar-refractivity contribution in [1.29, 1.82) is 0 Å². The molecule has 1 heterocycles. The molecule has 1 aromatic heterocycles. The number of hydrogen-bond donors (Lipinski definition) is 1. The van der Waals surface area contributed by atoms with Crippen molar-refractivity contribution in [3.8, 4) is 0 Å². The number of rotatable bonds is 4. The highest BCUT2D eigenvalue weighted by atomic mass is 16.3. The molecule has 0 bridgehead atoms. The number of para-hydroxylation sites is 1. The predicted octanol–water partition coefficient (Wildman–Crippen LogP) is 2.97. The molecule has 3 nitrogen and oxygen atoms in total. The first-order valence-electron chi connectivity index (χ1n) is 5.67. The van der Waals surface area contributed by atoms with Crippen molar-refractivity contribution in [2.45, 2.75) is 19.6 Å². The van der Waals surface area contributed by atoms with Crippen LogP contribution in [0.1, 0.15) is 24.2 Å². The summed E-state index contributed by atoms with van der Waals surface area (Å²) in [5.41, 5.74) is 3.11. The van der Waals surface area contributed by atoms with Crippen LogP contribution in [0.5, 0.6) is 0 Å². The maximum Gasteiger partial charge on any atom is 0.0952 e. The highest BCUT2D eigenvalue weighted by Crippen LogP contribution is 2.26. The molecule has 90 valence electrons. The lowest BCUT2D eigenvalue weighted by Gasteiger charge is -2.23. The summed E-state index contributed by atoms with van der Waals surface area (Å²) in [5.74, 6) is 0. The Morgan fingerprint density at radius 2 is 2.06 bits per heavy atom. The lowest BCUT2D eigenvalue weighted by Crippen LogP contribution is -2.18. The van der Waals surface area contributed by atoms with Crippen LogP contribution in [0.2, 0.25) is 0 Å². The summed E-state index contributed by atoms with van der Waals surface area (Å²) in [6.45, 7) is 2.55. The van der Waals surface area contributed by atoms with Crippen LogP contribution in [0, 0.1) is 0 Å². The van der Waals surface area contributed by atoms with Gasteiger partial charge in [-0.2, -0.15) is 0 Å². The summed E-state index contributed by atoms with van der Waals surface area (Å²) in [5, 5.41) is 9.73. The Hall–Kier alpha value is -1.74. The third-order valence-electron chi connectivity index (χ3n) is 2.80. The van der Waals surface area contributed by atoms with E-state index in [1.165, 1.54) is 0 Å². The average Bonchev–Trinajstić information content (AvgIpc) is 2.81. The standard InChI is InChI=1S/C14H17NO2/c1-11(16)13-5-3-4-6-14(13)15(2)9-12-7-8-17-10-12/h3-8,10-11,16H,9H2,1-2H3. The molecule has 0 aliphatic heterocycles. The molecule has 0 radical (unpaired) electrons. The van der Waals surface area contributed by atoms with Crippen molar-refractivity contribution < 1.29 is 9.52 Å². The van der Waals surface area contributed by atoms with E-state index >= 15 is 0 Å². The van der Waals surface area contributed by atoms with Gasteiger partial charge in [0.15, 0.2) is 0 Å². The maximum absolute atomic E-state index is 9.73. The molecule has 1 aromatic carbocycles. The van der Waals surface area contributed by atoms with Crippen LogP contribution in [0.4, 0.5) is 5.69 Å². The predicted molar refractivity (Wildman–Crippen MR) is 67.9 cm³/mol. The van der Waals surface area contributed by atoms with E-state index in [9.17, 15) is 5.11 Å². The monoisotopic (exact) mass is 231 g/mol. The van der Waals surface area contributed by atoms with Crippen LogP contribution < -0.4 is 4.90 Å². The minimum atomic E-state index is -0.460. The number of furan rings is 1. The van der Waals surface area contributed by atoms with Gasteiger partial charge in [0.05, 0.1) is 18.6 Å². The first-order chi connectivity index (χ1) is 8.18. The summed E-state index contributed by atoms with van der Waals surface area (Å²) in [4.78, 5) is 2.10. The molecule has 0 spiro atoms. The van der Waals surface area contributed by atoms with Gasteiger partial charge in [0.1, 0.15) is 0 Å². The smallest absolute Gasteiger partial charge is 0.0952 e. The lowest BCUT2D eigenvalue weighted by atomic mass is 10.1. The molecule has 2 aromatic rings. The Bertz CT molecular complexity index is 463. The van der Waals surface area contributed by atoms with Crippen molar-refractivity contribution in [2.24, 2.45) is 0 Å². The fourth-order valence-electron chi connectivity index (χ4n) is 1.93. The molecule has 1 unspecified atom stereocenters. The molecule has 0 aliphatic rings. The minimum absolute atomic E-state index is 0.460. The molecule has 3 heteroatoms. The van der Waals surface area contributed by atoms with Gasteiger partial charge < -0.3 is 14.4 Å². The molecular weight excluding hydrogens is 214 g/mol. The van der Waals surface area contributed by atoms with Gasteiger partial charge in [0, 0.05) is 30.4 Å². The quantitative estimate of drug-likeness (QED) is 0.878. The van der Waals surface area contributed by atoms with E-state index in [1.807, 2.05) is 37.4 Å². The van der Waals surface area contributed by atoms with Gasteiger partial charge in [0.2, 0.25) is 0 Å². The summed E-state index contributed by atoms with van der Waals surface area (Å²) in [6, 6.07) is 9.83. The fourth-order valence-corrected chi connectivity index (χ4v) is 1.93. The van der Waals surface area contributed by atoms with Gasteiger partial charge >= 0.3 is 0 Å². The number of nitrogens with zero attached hydrogens (tertiary/aromatic N) is 1. The van der Waals surface area contributed by atoms with Crippen LogP contribution in [0.15, 0.2) is 47.3 Å². The fraction of sp³-hybridized carbons (Fsp3) is 0.286. The number of anilines is 1. The highest BCUT2D eigenvalue weighted by Gasteiger charge is 2.11.